The van der Waals surface area contributed by atoms with Crippen molar-refractivity contribution in [2.45, 2.75) is 26.4 Å². The van der Waals surface area contributed by atoms with Crippen LogP contribution in [0.3, 0.4) is 0 Å². The van der Waals surface area contributed by atoms with Crippen molar-refractivity contribution in [3.05, 3.63) is 48.3 Å². The summed E-state index contributed by atoms with van der Waals surface area (Å²) in [6, 6.07) is 10.0. The van der Waals surface area contributed by atoms with E-state index in [1.165, 1.54) is 0 Å². The molecule has 7 heteroatoms. The molecule has 1 aromatic carbocycles. The first-order valence-corrected chi connectivity index (χ1v) is 8.87. The lowest BCUT2D eigenvalue weighted by Gasteiger charge is -2.14. The zero-order valence-electron chi connectivity index (χ0n) is 15.1. The van der Waals surface area contributed by atoms with Gasteiger partial charge in [-0.15, -0.1) is 24.0 Å². The Hall–Kier alpha value is -1.90. The molecule has 2 N–H and O–H groups in total. The summed E-state index contributed by atoms with van der Waals surface area (Å²) >= 11 is 0. The van der Waals surface area contributed by atoms with Gasteiger partial charge >= 0.3 is 0 Å². The van der Waals surface area contributed by atoms with Gasteiger partial charge in [0.2, 0.25) is 0 Å². The second kappa shape index (κ2) is 10.9. The van der Waals surface area contributed by atoms with Gasteiger partial charge in [0.05, 0.1) is 19.8 Å². The maximum Gasteiger partial charge on any atom is 0.191 e. The Morgan fingerprint density at radius 2 is 1.92 bits per heavy atom. The summed E-state index contributed by atoms with van der Waals surface area (Å²) < 4.78 is 13.7. The number of hydrogen-bond acceptors (Lipinski definition) is 3. The summed E-state index contributed by atoms with van der Waals surface area (Å²) in [4.78, 5) is 4.69. The van der Waals surface area contributed by atoms with Crippen molar-refractivity contribution in [1.29, 1.82) is 0 Å². The van der Waals surface area contributed by atoms with E-state index in [1.807, 2.05) is 30.3 Å². The predicted molar refractivity (Wildman–Crippen MR) is 115 cm³/mol. The van der Waals surface area contributed by atoms with Crippen molar-refractivity contribution in [2.75, 3.05) is 26.3 Å². The van der Waals surface area contributed by atoms with Crippen LogP contribution in [0.5, 0.6) is 11.5 Å². The minimum atomic E-state index is 0. The minimum Gasteiger partial charge on any atom is -0.490 e. The molecule has 0 aliphatic carbocycles. The van der Waals surface area contributed by atoms with Gasteiger partial charge in [0.1, 0.15) is 0 Å². The average Bonchev–Trinajstić information content (AvgIpc) is 3.02. The second-order valence-corrected chi connectivity index (χ2v) is 5.84. The van der Waals surface area contributed by atoms with E-state index < -0.39 is 0 Å². The van der Waals surface area contributed by atoms with Crippen LogP contribution in [0.25, 0.3) is 0 Å². The van der Waals surface area contributed by atoms with Crippen molar-refractivity contribution in [3.63, 3.8) is 0 Å². The van der Waals surface area contributed by atoms with Gasteiger partial charge in [0.25, 0.3) is 0 Å². The van der Waals surface area contributed by atoms with E-state index in [4.69, 9.17) is 14.5 Å². The first-order chi connectivity index (χ1) is 12.4. The highest BCUT2D eigenvalue weighted by molar-refractivity contribution is 14.0. The van der Waals surface area contributed by atoms with Gasteiger partial charge in [-0.1, -0.05) is 12.1 Å². The highest BCUT2D eigenvalue weighted by Crippen LogP contribution is 2.33. The Morgan fingerprint density at radius 3 is 2.73 bits per heavy atom. The fourth-order valence-corrected chi connectivity index (χ4v) is 2.71. The highest BCUT2D eigenvalue weighted by Gasteiger charge is 2.14. The lowest BCUT2D eigenvalue weighted by Crippen LogP contribution is -2.38. The van der Waals surface area contributed by atoms with E-state index in [0.29, 0.717) is 19.8 Å². The molecule has 1 aromatic heterocycles. The van der Waals surface area contributed by atoms with Crippen LogP contribution in [-0.4, -0.2) is 36.8 Å². The van der Waals surface area contributed by atoms with Crippen LogP contribution in [0.1, 0.15) is 18.9 Å². The van der Waals surface area contributed by atoms with E-state index in [9.17, 15) is 0 Å². The number of aromatic nitrogens is 1. The number of rotatable bonds is 6. The standard InChI is InChI=1S/C19H26N4O2.HI/c1-2-20-19(21-9-12-23-10-3-4-11-23)22-15-16-7-5-8-17-18(16)25-14-6-13-24-17;/h3-5,7-8,10-11H,2,6,9,12-15H2,1H3,(H2,20,21,22);1H. The van der Waals surface area contributed by atoms with E-state index >= 15 is 0 Å². The largest absolute Gasteiger partial charge is 0.490 e. The van der Waals surface area contributed by atoms with Gasteiger partial charge in [0, 0.05) is 44.0 Å². The van der Waals surface area contributed by atoms with Gasteiger partial charge < -0.3 is 24.7 Å². The third kappa shape index (κ3) is 5.82. The van der Waals surface area contributed by atoms with Gasteiger partial charge in [-0.3, -0.25) is 0 Å². The summed E-state index contributed by atoms with van der Waals surface area (Å²) in [6.45, 7) is 6.52. The Balaban J connectivity index is 0.00000243. The number of fused-ring (bicyclic) bond motifs is 1. The van der Waals surface area contributed by atoms with Crippen LogP contribution in [0.4, 0.5) is 0 Å². The number of guanidine groups is 1. The molecule has 0 bridgehead atoms. The lowest BCUT2D eigenvalue weighted by atomic mass is 10.2. The zero-order valence-corrected chi connectivity index (χ0v) is 17.4. The van der Waals surface area contributed by atoms with Crippen LogP contribution in [0.2, 0.25) is 0 Å². The van der Waals surface area contributed by atoms with Gasteiger partial charge in [-0.25, -0.2) is 4.99 Å². The molecule has 0 saturated heterocycles. The summed E-state index contributed by atoms with van der Waals surface area (Å²) in [7, 11) is 0. The number of nitrogens with one attached hydrogen (secondary N) is 2. The first-order valence-electron chi connectivity index (χ1n) is 8.87. The summed E-state index contributed by atoms with van der Waals surface area (Å²) in [5.74, 6) is 2.45. The van der Waals surface area contributed by atoms with Crippen molar-refractivity contribution in [2.24, 2.45) is 4.99 Å². The molecule has 1 aliphatic heterocycles. The summed E-state index contributed by atoms with van der Waals surface area (Å²) in [5, 5.41) is 6.65. The van der Waals surface area contributed by atoms with Gasteiger partial charge in [-0.05, 0) is 25.1 Å². The smallest absolute Gasteiger partial charge is 0.191 e. The monoisotopic (exact) mass is 470 g/mol. The molecule has 26 heavy (non-hydrogen) atoms. The van der Waals surface area contributed by atoms with Crippen LogP contribution in [0.15, 0.2) is 47.7 Å². The van der Waals surface area contributed by atoms with Crippen molar-refractivity contribution in [3.8, 4) is 11.5 Å². The minimum absolute atomic E-state index is 0. The summed E-state index contributed by atoms with van der Waals surface area (Å²) in [6.07, 6.45) is 5.02. The molecular formula is C19H27IN4O2. The first kappa shape index (κ1) is 20.4. The third-order valence-electron chi connectivity index (χ3n) is 3.93. The molecule has 0 atom stereocenters. The zero-order chi connectivity index (χ0) is 17.3. The molecule has 3 rings (SSSR count). The number of nitrogens with zero attached hydrogens (tertiary/aromatic N) is 2. The number of benzene rings is 1. The fraction of sp³-hybridized carbons (Fsp3) is 0.421. The quantitative estimate of drug-likeness (QED) is 0.387. The van der Waals surface area contributed by atoms with Crippen LogP contribution >= 0.6 is 24.0 Å². The normalized spacial score (nSPS) is 13.5. The molecule has 0 saturated carbocycles. The molecule has 6 nitrogen and oxygen atoms in total. The topological polar surface area (TPSA) is 59.8 Å². The SMILES string of the molecule is CCNC(=NCc1cccc2c1OCCCO2)NCCn1cccc1.I. The number of ether oxygens (including phenoxy) is 2. The molecule has 142 valence electrons. The average molecular weight is 470 g/mol. The van der Waals surface area contributed by atoms with Crippen molar-refractivity contribution >= 4 is 29.9 Å². The molecule has 0 amide bonds. The molecule has 0 spiro atoms. The second-order valence-electron chi connectivity index (χ2n) is 5.84. The predicted octanol–water partition coefficient (Wildman–Crippen LogP) is 3.02. The Morgan fingerprint density at radius 1 is 1.12 bits per heavy atom. The maximum atomic E-state index is 5.86. The van der Waals surface area contributed by atoms with Crippen LogP contribution < -0.4 is 20.1 Å². The molecule has 0 fully saturated rings. The lowest BCUT2D eigenvalue weighted by molar-refractivity contribution is 0.296. The highest BCUT2D eigenvalue weighted by atomic mass is 127. The van der Waals surface area contributed by atoms with Gasteiger partial charge in [-0.2, -0.15) is 0 Å². The fourth-order valence-electron chi connectivity index (χ4n) is 2.71. The number of para-hydroxylation sites is 1. The van der Waals surface area contributed by atoms with Crippen molar-refractivity contribution in [1.82, 2.24) is 15.2 Å². The Bertz CT molecular complexity index is 689. The van der Waals surface area contributed by atoms with Gasteiger partial charge in [0.15, 0.2) is 17.5 Å². The van der Waals surface area contributed by atoms with E-state index in [1.54, 1.807) is 0 Å². The molecule has 2 heterocycles. The summed E-state index contributed by atoms with van der Waals surface area (Å²) in [5.41, 5.74) is 1.04. The third-order valence-corrected chi connectivity index (χ3v) is 3.93. The Labute approximate surface area is 172 Å². The van der Waals surface area contributed by atoms with Crippen molar-refractivity contribution < 1.29 is 9.47 Å². The molecule has 0 unspecified atom stereocenters. The molecule has 1 aliphatic rings. The number of hydrogen-bond donors (Lipinski definition) is 2. The molecule has 0 radical (unpaired) electrons. The van der Waals surface area contributed by atoms with E-state index in [-0.39, 0.29) is 24.0 Å². The maximum absolute atomic E-state index is 5.86. The molecule has 2 aromatic rings. The Kier molecular flexibility index (Phi) is 8.60. The molecular weight excluding hydrogens is 443 g/mol. The van der Waals surface area contributed by atoms with E-state index in [0.717, 1.165) is 49.1 Å². The van der Waals surface area contributed by atoms with Crippen LogP contribution in [-0.2, 0) is 13.1 Å². The number of aliphatic imine (C=N–C) groups is 1. The van der Waals surface area contributed by atoms with E-state index in [2.05, 4.69) is 34.5 Å². The van der Waals surface area contributed by atoms with Crippen LogP contribution in [0, 0.1) is 0 Å². The number of halogens is 1.